The Labute approximate surface area is 151 Å². The van der Waals surface area contributed by atoms with Crippen LogP contribution in [0.5, 0.6) is 0 Å². The molecule has 0 N–H and O–H groups in total. The summed E-state index contributed by atoms with van der Waals surface area (Å²) in [6.07, 6.45) is 0.449. The van der Waals surface area contributed by atoms with E-state index in [1.165, 1.54) is 18.2 Å². The lowest BCUT2D eigenvalue weighted by Crippen LogP contribution is -2.28. The first-order valence-corrected chi connectivity index (χ1v) is 8.30. The van der Waals surface area contributed by atoms with Gasteiger partial charge in [-0.25, -0.2) is 0 Å². The summed E-state index contributed by atoms with van der Waals surface area (Å²) >= 11 is 0. The molecule has 0 aliphatic heterocycles. The molecule has 1 aromatic heterocycles. The van der Waals surface area contributed by atoms with Crippen LogP contribution < -0.4 is 0 Å². The van der Waals surface area contributed by atoms with Gasteiger partial charge in [0.05, 0.1) is 21.9 Å². The van der Waals surface area contributed by atoms with Gasteiger partial charge in [0.25, 0.3) is 5.69 Å². The number of carbonyl (C=O) groups is 1. The van der Waals surface area contributed by atoms with Crippen LogP contribution in [-0.4, -0.2) is 21.5 Å². The Balaban J connectivity index is 2.68. The lowest BCUT2D eigenvalue weighted by molar-refractivity contribution is -0.384. The van der Waals surface area contributed by atoms with E-state index in [0.29, 0.717) is 34.1 Å². The molecule has 0 bridgehead atoms. The minimum absolute atomic E-state index is 0.0970. The number of carbonyl (C=O) groups excluding carboxylic acids is 1. The number of nitro benzene ring substituents is 1. The lowest BCUT2D eigenvalue weighted by atomic mass is 9.89. The number of hydrogen-bond acceptors (Lipinski definition) is 6. The minimum atomic E-state index is -0.643. The molecule has 7 heteroatoms. The molecule has 136 valence electrons. The number of aryl methyl sites for hydroxylation is 1. The van der Waals surface area contributed by atoms with Gasteiger partial charge in [0.1, 0.15) is 11.7 Å². The number of nitro groups is 1. The van der Waals surface area contributed by atoms with Gasteiger partial charge in [-0.1, -0.05) is 6.92 Å². The molecule has 0 spiro atoms. The van der Waals surface area contributed by atoms with Crippen LogP contribution in [0.1, 0.15) is 56.9 Å². The smallest absolute Gasteiger partial charge is 0.314 e. The highest BCUT2D eigenvalue weighted by Crippen LogP contribution is 2.33. The molecule has 0 saturated heterocycles. The first kappa shape index (κ1) is 19.3. The molecule has 2 aromatic rings. The number of rotatable bonds is 4. The first-order chi connectivity index (χ1) is 12.1. The molecule has 26 heavy (non-hydrogen) atoms. The molecule has 0 aliphatic carbocycles. The van der Waals surface area contributed by atoms with Gasteiger partial charge in [-0.05, 0) is 40.2 Å². The average molecular weight is 355 g/mol. The normalized spacial score (nSPS) is 12.5. The predicted octanol–water partition coefficient (Wildman–Crippen LogP) is 4.16. The van der Waals surface area contributed by atoms with E-state index in [9.17, 15) is 20.2 Å². The second kappa shape index (κ2) is 7.08. The first-order valence-electron chi connectivity index (χ1n) is 8.30. The predicted molar refractivity (Wildman–Crippen MR) is 96.7 cm³/mol. The van der Waals surface area contributed by atoms with Crippen LogP contribution in [-0.2, 0) is 9.53 Å². The maximum absolute atomic E-state index is 12.6. The lowest BCUT2D eigenvalue weighted by Gasteiger charge is -2.25. The van der Waals surface area contributed by atoms with Crippen LogP contribution in [0.15, 0.2) is 18.2 Å². The Hall–Kier alpha value is -3.01. The van der Waals surface area contributed by atoms with Crippen LogP contribution in [0.3, 0.4) is 0 Å². The highest BCUT2D eigenvalue weighted by atomic mass is 16.6. The molecule has 1 unspecified atom stereocenters. The monoisotopic (exact) mass is 355 g/mol. The van der Waals surface area contributed by atoms with Crippen molar-refractivity contribution >= 4 is 22.6 Å². The number of benzene rings is 1. The topological polar surface area (TPSA) is 106 Å². The molecule has 7 nitrogen and oxygen atoms in total. The highest BCUT2D eigenvalue weighted by Gasteiger charge is 2.30. The average Bonchev–Trinajstić information content (AvgIpc) is 2.53. The van der Waals surface area contributed by atoms with E-state index in [0.717, 1.165) is 0 Å². The van der Waals surface area contributed by atoms with Crippen molar-refractivity contribution in [1.29, 1.82) is 5.26 Å². The maximum Gasteiger partial charge on any atom is 0.314 e. The van der Waals surface area contributed by atoms with Crippen molar-refractivity contribution in [2.45, 2.75) is 52.6 Å². The number of nitriles is 1. The second-order valence-corrected chi connectivity index (χ2v) is 7.05. The third-order valence-electron chi connectivity index (χ3n) is 3.97. The third-order valence-corrected chi connectivity index (χ3v) is 3.97. The van der Waals surface area contributed by atoms with Gasteiger partial charge < -0.3 is 4.74 Å². The minimum Gasteiger partial charge on any atom is -0.459 e. The molecule has 0 saturated carbocycles. The summed E-state index contributed by atoms with van der Waals surface area (Å²) in [6.45, 7) is 8.89. The van der Waals surface area contributed by atoms with Crippen molar-refractivity contribution in [1.82, 2.24) is 4.98 Å². The van der Waals surface area contributed by atoms with Gasteiger partial charge in [-0.2, -0.15) is 5.26 Å². The molecule has 0 fully saturated rings. The zero-order valence-electron chi connectivity index (χ0n) is 15.5. The summed E-state index contributed by atoms with van der Waals surface area (Å²) in [5.41, 5.74) is 0.935. The standard InChI is InChI=1S/C19H21N3O4/c1-6-13(18(23)26-19(3,4)5)17-11(2)21-16-9-12(22(24)25)7-8-14(16)15(17)10-20/h7-9,13H,6H2,1-5H3. The van der Waals surface area contributed by atoms with Crippen LogP contribution >= 0.6 is 0 Å². The van der Waals surface area contributed by atoms with Crippen LogP contribution in [0, 0.1) is 28.4 Å². The van der Waals surface area contributed by atoms with Crippen molar-refractivity contribution in [3.8, 4) is 6.07 Å². The molecule has 2 rings (SSSR count). The fourth-order valence-corrected chi connectivity index (χ4v) is 2.91. The molecule has 1 atom stereocenters. The Bertz CT molecular complexity index is 923. The molecule has 1 aromatic carbocycles. The van der Waals surface area contributed by atoms with E-state index in [-0.39, 0.29) is 5.69 Å². The maximum atomic E-state index is 12.6. The SMILES string of the molecule is CCC(C(=O)OC(C)(C)C)c1c(C)nc2cc([N+](=O)[O-])ccc2c1C#N. The quantitative estimate of drug-likeness (QED) is 0.463. The molecule has 0 radical (unpaired) electrons. The van der Waals surface area contributed by atoms with E-state index >= 15 is 0 Å². The fraction of sp³-hybridized carbons (Fsp3) is 0.421. The molecule has 0 amide bonds. The van der Waals surface area contributed by atoms with Crippen LogP contribution in [0.4, 0.5) is 5.69 Å². The number of pyridine rings is 1. The Kier molecular flexibility index (Phi) is 5.26. The van der Waals surface area contributed by atoms with Gasteiger partial charge in [-0.15, -0.1) is 0 Å². The third kappa shape index (κ3) is 3.80. The summed E-state index contributed by atoms with van der Waals surface area (Å²) < 4.78 is 5.50. The number of fused-ring (bicyclic) bond motifs is 1. The van der Waals surface area contributed by atoms with Crippen LogP contribution in [0.25, 0.3) is 10.9 Å². The zero-order valence-corrected chi connectivity index (χ0v) is 15.5. The summed E-state index contributed by atoms with van der Waals surface area (Å²) in [4.78, 5) is 27.5. The van der Waals surface area contributed by atoms with Gasteiger partial charge in [-0.3, -0.25) is 19.9 Å². The Morgan fingerprint density at radius 1 is 1.42 bits per heavy atom. The fourth-order valence-electron chi connectivity index (χ4n) is 2.91. The van der Waals surface area contributed by atoms with E-state index < -0.39 is 22.4 Å². The molecular weight excluding hydrogens is 334 g/mol. The van der Waals surface area contributed by atoms with E-state index in [1.807, 2.05) is 6.92 Å². The Morgan fingerprint density at radius 2 is 2.08 bits per heavy atom. The highest BCUT2D eigenvalue weighted by molar-refractivity contribution is 5.90. The van der Waals surface area contributed by atoms with Gasteiger partial charge >= 0.3 is 5.97 Å². The second-order valence-electron chi connectivity index (χ2n) is 7.05. The van der Waals surface area contributed by atoms with Crippen molar-refractivity contribution in [3.05, 3.63) is 45.1 Å². The summed E-state index contributed by atoms with van der Waals surface area (Å²) in [7, 11) is 0. The number of nitrogens with zero attached hydrogens (tertiary/aromatic N) is 3. The molecular formula is C19H21N3O4. The number of aromatic nitrogens is 1. The molecule has 0 aliphatic rings. The van der Waals surface area contributed by atoms with Gasteiger partial charge in [0, 0.05) is 28.8 Å². The summed E-state index contributed by atoms with van der Waals surface area (Å²) in [5.74, 6) is -1.04. The van der Waals surface area contributed by atoms with E-state index in [4.69, 9.17) is 4.74 Å². The number of ether oxygens (including phenoxy) is 1. The van der Waals surface area contributed by atoms with E-state index in [2.05, 4.69) is 11.1 Å². The summed E-state index contributed by atoms with van der Waals surface area (Å²) in [5, 5.41) is 21.2. The summed E-state index contributed by atoms with van der Waals surface area (Å²) in [6, 6.07) is 6.31. The van der Waals surface area contributed by atoms with Gasteiger partial charge in [0.2, 0.25) is 0 Å². The Morgan fingerprint density at radius 3 is 2.58 bits per heavy atom. The van der Waals surface area contributed by atoms with Crippen molar-refractivity contribution in [3.63, 3.8) is 0 Å². The number of hydrogen-bond donors (Lipinski definition) is 0. The number of esters is 1. The largest absolute Gasteiger partial charge is 0.459 e. The number of non-ortho nitro benzene ring substituents is 1. The van der Waals surface area contributed by atoms with Crippen LogP contribution in [0.2, 0.25) is 0 Å². The van der Waals surface area contributed by atoms with Crippen molar-refractivity contribution in [2.75, 3.05) is 0 Å². The zero-order chi connectivity index (χ0) is 19.6. The van der Waals surface area contributed by atoms with Crippen molar-refractivity contribution in [2.24, 2.45) is 0 Å². The van der Waals surface area contributed by atoms with E-state index in [1.54, 1.807) is 27.7 Å². The molecule has 1 heterocycles. The van der Waals surface area contributed by atoms with Crippen molar-refractivity contribution < 1.29 is 14.5 Å². The van der Waals surface area contributed by atoms with Gasteiger partial charge in [0.15, 0.2) is 0 Å².